The Labute approximate surface area is 141 Å². The molecule has 8 heteroatoms. The Morgan fingerprint density at radius 3 is 2.64 bits per heavy atom. The Balaban J connectivity index is 2.61. The van der Waals surface area contributed by atoms with Crippen molar-refractivity contribution < 1.29 is 32.9 Å². The summed E-state index contributed by atoms with van der Waals surface area (Å²) in [6.45, 7) is 1.01. The smallest absolute Gasteiger partial charge is 0.306 e. The van der Waals surface area contributed by atoms with E-state index in [-0.39, 0.29) is 17.9 Å². The van der Waals surface area contributed by atoms with E-state index in [2.05, 4.69) is 0 Å². The summed E-state index contributed by atoms with van der Waals surface area (Å²) in [5, 5.41) is 19.2. The number of hydrogen-bond donors (Lipinski definition) is 2. The summed E-state index contributed by atoms with van der Waals surface area (Å²) in [6, 6.07) is 3.54. The van der Waals surface area contributed by atoms with Crippen LogP contribution in [0.4, 0.5) is 8.78 Å². The lowest BCUT2D eigenvalue weighted by molar-refractivity contribution is -0.143. The molecule has 1 atom stereocenters. The van der Waals surface area contributed by atoms with Crippen LogP contribution in [-0.2, 0) is 16.1 Å². The Morgan fingerprint density at radius 2 is 2.04 bits per heavy atom. The average Bonchev–Trinajstić information content (AvgIpc) is 2.56. The molecule has 0 fully saturated rings. The minimum absolute atomic E-state index is 0.0735. The highest BCUT2D eigenvalue weighted by Crippen LogP contribution is 2.34. The number of aliphatic hydroxyl groups is 1. The fourth-order valence-corrected chi connectivity index (χ4v) is 2.38. The van der Waals surface area contributed by atoms with Crippen LogP contribution in [0.25, 0.3) is 0 Å². The van der Waals surface area contributed by atoms with Gasteiger partial charge in [-0.25, -0.2) is 8.78 Å². The van der Waals surface area contributed by atoms with Crippen molar-refractivity contribution in [2.75, 3.05) is 6.61 Å². The molecule has 6 nitrogen and oxygen atoms in total. The molecule has 2 N–H and O–H groups in total. The van der Waals surface area contributed by atoms with Crippen molar-refractivity contribution >= 4 is 5.97 Å². The lowest BCUT2D eigenvalue weighted by Gasteiger charge is -2.18. The lowest BCUT2D eigenvalue weighted by atomic mass is 9.91. The molecule has 0 amide bonds. The van der Waals surface area contributed by atoms with Crippen molar-refractivity contribution in [3.63, 3.8) is 0 Å². The number of hydrogen-bond acceptors (Lipinski definition) is 6. The molecule has 0 saturated carbocycles. The van der Waals surface area contributed by atoms with Gasteiger partial charge in [-0.05, 0) is 18.6 Å². The normalized spacial score (nSPS) is 12.0. The van der Waals surface area contributed by atoms with E-state index in [1.165, 1.54) is 0 Å². The fraction of sp³-hybridized carbons (Fsp3) is 0.294. The number of carbonyl (C=O) groups is 1. The number of carbonyl (C=O) groups excluding carboxylic acids is 1. The van der Waals surface area contributed by atoms with Crippen LogP contribution in [0, 0.1) is 11.6 Å². The first-order valence-electron chi connectivity index (χ1n) is 7.44. The van der Waals surface area contributed by atoms with Gasteiger partial charge in [0.1, 0.15) is 24.0 Å². The van der Waals surface area contributed by atoms with Gasteiger partial charge in [0.25, 0.3) is 0 Å². The standard InChI is InChI=1S/C17H16F2O6/c1-2-24-15(22)7-12(11-4-3-9(18)5-13(11)19)17-16(23)14(21)6-10(8-20)25-17/h3-6,12,20,23H,2,7-8H2,1H3/t12-/m1/s1. The predicted octanol–water partition coefficient (Wildman–Crippen LogP) is 2.20. The third-order valence-electron chi connectivity index (χ3n) is 3.49. The summed E-state index contributed by atoms with van der Waals surface area (Å²) < 4.78 is 37.4. The Morgan fingerprint density at radius 1 is 1.32 bits per heavy atom. The van der Waals surface area contributed by atoms with Crippen molar-refractivity contribution in [3.8, 4) is 5.75 Å². The highest BCUT2D eigenvalue weighted by atomic mass is 19.1. The number of ether oxygens (including phenoxy) is 1. The van der Waals surface area contributed by atoms with Crippen LogP contribution in [-0.4, -0.2) is 22.8 Å². The molecule has 0 aliphatic carbocycles. The number of esters is 1. The molecule has 0 aliphatic heterocycles. The minimum Gasteiger partial charge on any atom is -0.502 e. The van der Waals surface area contributed by atoms with Crippen molar-refractivity contribution in [1.29, 1.82) is 0 Å². The second-order valence-corrected chi connectivity index (χ2v) is 5.18. The van der Waals surface area contributed by atoms with Crippen LogP contribution in [0.2, 0.25) is 0 Å². The van der Waals surface area contributed by atoms with Gasteiger partial charge in [-0.1, -0.05) is 6.07 Å². The van der Waals surface area contributed by atoms with Crippen molar-refractivity contribution in [3.05, 3.63) is 63.2 Å². The first kappa shape index (κ1) is 18.6. The molecule has 0 bridgehead atoms. The SMILES string of the molecule is CCOC(=O)C[C@H](c1ccc(F)cc1F)c1oc(CO)cc(=O)c1O. The zero-order chi connectivity index (χ0) is 18.6. The fourth-order valence-electron chi connectivity index (χ4n) is 2.38. The molecule has 2 rings (SSSR count). The van der Waals surface area contributed by atoms with E-state index in [0.717, 1.165) is 18.2 Å². The maximum Gasteiger partial charge on any atom is 0.306 e. The van der Waals surface area contributed by atoms with Crippen LogP contribution in [0.15, 0.2) is 33.5 Å². The van der Waals surface area contributed by atoms with Gasteiger partial charge < -0.3 is 19.4 Å². The van der Waals surface area contributed by atoms with Crippen molar-refractivity contribution in [1.82, 2.24) is 0 Å². The van der Waals surface area contributed by atoms with Gasteiger partial charge in [-0.15, -0.1) is 0 Å². The van der Waals surface area contributed by atoms with E-state index >= 15 is 0 Å². The molecule has 0 saturated heterocycles. The Bertz CT molecular complexity index is 830. The number of rotatable bonds is 6. The number of benzene rings is 1. The van der Waals surface area contributed by atoms with E-state index < -0.39 is 53.5 Å². The predicted molar refractivity (Wildman–Crippen MR) is 82.0 cm³/mol. The maximum absolute atomic E-state index is 14.2. The third-order valence-corrected chi connectivity index (χ3v) is 3.49. The summed E-state index contributed by atoms with van der Waals surface area (Å²) in [6.07, 6.45) is -0.457. The highest BCUT2D eigenvalue weighted by Gasteiger charge is 2.29. The molecule has 1 heterocycles. The van der Waals surface area contributed by atoms with Gasteiger partial charge in [0, 0.05) is 12.1 Å². The van der Waals surface area contributed by atoms with Gasteiger partial charge in [-0.3, -0.25) is 9.59 Å². The molecule has 25 heavy (non-hydrogen) atoms. The van der Waals surface area contributed by atoms with Gasteiger partial charge in [0.05, 0.1) is 18.9 Å². The third kappa shape index (κ3) is 4.21. The molecule has 2 aromatic rings. The van der Waals surface area contributed by atoms with Gasteiger partial charge in [0.15, 0.2) is 5.76 Å². The van der Waals surface area contributed by atoms with E-state index in [1.807, 2.05) is 0 Å². The monoisotopic (exact) mass is 354 g/mol. The van der Waals surface area contributed by atoms with Gasteiger partial charge in [0.2, 0.25) is 11.2 Å². The van der Waals surface area contributed by atoms with Crippen LogP contribution in [0.5, 0.6) is 5.75 Å². The second-order valence-electron chi connectivity index (χ2n) is 5.18. The largest absolute Gasteiger partial charge is 0.502 e. The highest BCUT2D eigenvalue weighted by molar-refractivity contribution is 5.71. The van der Waals surface area contributed by atoms with Gasteiger partial charge in [-0.2, -0.15) is 0 Å². The summed E-state index contributed by atoms with van der Waals surface area (Å²) in [5.41, 5.74) is -1.02. The minimum atomic E-state index is -1.24. The zero-order valence-electron chi connectivity index (χ0n) is 13.3. The number of aliphatic hydroxyl groups excluding tert-OH is 1. The van der Waals surface area contributed by atoms with E-state index in [4.69, 9.17) is 14.3 Å². The molecule has 0 unspecified atom stereocenters. The molecule has 134 valence electrons. The second kappa shape index (κ2) is 7.89. The Kier molecular flexibility index (Phi) is 5.87. The molecular formula is C17H16F2O6. The van der Waals surface area contributed by atoms with E-state index in [1.54, 1.807) is 6.92 Å². The van der Waals surface area contributed by atoms with Gasteiger partial charge >= 0.3 is 5.97 Å². The van der Waals surface area contributed by atoms with Crippen molar-refractivity contribution in [2.45, 2.75) is 25.9 Å². The number of halogens is 2. The van der Waals surface area contributed by atoms with Crippen LogP contribution in [0.3, 0.4) is 0 Å². The van der Waals surface area contributed by atoms with Crippen LogP contribution >= 0.6 is 0 Å². The molecule has 1 aromatic carbocycles. The van der Waals surface area contributed by atoms with Crippen LogP contribution < -0.4 is 5.43 Å². The summed E-state index contributed by atoms with van der Waals surface area (Å²) in [5.74, 6) is -5.18. The lowest BCUT2D eigenvalue weighted by Crippen LogP contribution is -2.16. The maximum atomic E-state index is 14.2. The molecule has 0 aliphatic rings. The first-order chi connectivity index (χ1) is 11.9. The topological polar surface area (TPSA) is 97.0 Å². The Hall–Kier alpha value is -2.74. The quantitative estimate of drug-likeness (QED) is 0.772. The van der Waals surface area contributed by atoms with E-state index in [0.29, 0.717) is 6.07 Å². The zero-order valence-corrected chi connectivity index (χ0v) is 13.3. The number of aromatic hydroxyl groups is 1. The van der Waals surface area contributed by atoms with Crippen LogP contribution in [0.1, 0.15) is 36.3 Å². The summed E-state index contributed by atoms with van der Waals surface area (Å²) >= 11 is 0. The molecule has 0 radical (unpaired) electrons. The average molecular weight is 354 g/mol. The summed E-state index contributed by atoms with van der Waals surface area (Å²) in [4.78, 5) is 23.7. The summed E-state index contributed by atoms with van der Waals surface area (Å²) in [7, 11) is 0. The first-order valence-corrected chi connectivity index (χ1v) is 7.44. The molecule has 0 spiro atoms. The molecular weight excluding hydrogens is 338 g/mol. The van der Waals surface area contributed by atoms with E-state index in [9.17, 15) is 23.5 Å². The van der Waals surface area contributed by atoms with Crippen molar-refractivity contribution in [2.24, 2.45) is 0 Å². The molecule has 1 aromatic heterocycles.